The Balaban J connectivity index is 1.97. The summed E-state index contributed by atoms with van der Waals surface area (Å²) in [7, 11) is 0. The smallest absolute Gasteiger partial charge is 0.230 e. The predicted molar refractivity (Wildman–Crippen MR) is 77.8 cm³/mol. The second kappa shape index (κ2) is 5.16. The number of carbonyl (C=O) groups excluding carboxylic acids is 2. The normalized spacial score (nSPS) is 43.0. The predicted octanol–water partition coefficient (Wildman–Crippen LogP) is 3.28. The van der Waals surface area contributed by atoms with Crippen molar-refractivity contribution in [2.75, 3.05) is 0 Å². The van der Waals surface area contributed by atoms with Gasteiger partial charge in [-0.1, -0.05) is 33.1 Å². The van der Waals surface area contributed by atoms with E-state index in [2.05, 4.69) is 19.2 Å². The molecule has 2 aliphatic carbocycles. The van der Waals surface area contributed by atoms with Gasteiger partial charge < -0.3 is 0 Å². The average Bonchev–Trinajstić information content (AvgIpc) is 2.87. The van der Waals surface area contributed by atoms with Crippen LogP contribution in [-0.2, 0) is 9.59 Å². The van der Waals surface area contributed by atoms with Crippen molar-refractivity contribution in [2.24, 2.45) is 29.1 Å². The molecule has 0 aromatic rings. The summed E-state index contributed by atoms with van der Waals surface area (Å²) < 4.78 is 0. The molecule has 3 heteroatoms. The minimum Gasteiger partial charge on any atom is -0.296 e. The molecule has 1 heterocycles. The summed E-state index contributed by atoms with van der Waals surface area (Å²) in [6.07, 6.45) is 8.91. The van der Waals surface area contributed by atoms with E-state index >= 15 is 0 Å². The van der Waals surface area contributed by atoms with Gasteiger partial charge in [0, 0.05) is 12.3 Å². The van der Waals surface area contributed by atoms with E-state index in [-0.39, 0.29) is 23.1 Å². The van der Waals surface area contributed by atoms with Gasteiger partial charge in [0.25, 0.3) is 0 Å². The molecule has 3 fully saturated rings. The summed E-state index contributed by atoms with van der Waals surface area (Å²) in [6, 6.07) is 0. The summed E-state index contributed by atoms with van der Waals surface area (Å²) >= 11 is 0. The maximum absolute atomic E-state index is 12.6. The monoisotopic (exact) mass is 277 g/mol. The highest BCUT2D eigenvalue weighted by molar-refractivity contribution is 6.00. The molecular weight excluding hydrogens is 250 g/mol. The fraction of sp³-hybridized carbons (Fsp3) is 0.882. The fourth-order valence-electron chi connectivity index (χ4n) is 5.36. The minimum atomic E-state index is -0.0495. The Morgan fingerprint density at radius 2 is 1.75 bits per heavy atom. The van der Waals surface area contributed by atoms with E-state index < -0.39 is 0 Å². The molecule has 1 aliphatic heterocycles. The lowest BCUT2D eigenvalue weighted by molar-refractivity contribution is -0.153. The van der Waals surface area contributed by atoms with Crippen LogP contribution in [-0.4, -0.2) is 11.8 Å². The van der Waals surface area contributed by atoms with Gasteiger partial charge in [-0.25, -0.2) is 0 Å². The first kappa shape index (κ1) is 14.1. The Hall–Kier alpha value is -0.860. The third-order valence-corrected chi connectivity index (χ3v) is 6.33. The third-order valence-electron chi connectivity index (χ3n) is 6.33. The van der Waals surface area contributed by atoms with E-state index in [1.807, 2.05) is 0 Å². The molecule has 0 radical (unpaired) electrons. The molecule has 4 unspecified atom stereocenters. The first-order valence-electron chi connectivity index (χ1n) is 8.36. The lowest BCUT2D eigenvalue weighted by Gasteiger charge is -2.53. The maximum atomic E-state index is 12.6. The number of piperidine rings is 1. The van der Waals surface area contributed by atoms with Crippen molar-refractivity contribution in [3.8, 4) is 0 Å². The molecule has 0 bridgehead atoms. The molecule has 3 rings (SSSR count). The molecule has 1 N–H and O–H groups in total. The lowest BCUT2D eigenvalue weighted by atomic mass is 9.52. The Morgan fingerprint density at radius 1 is 1.05 bits per heavy atom. The largest absolute Gasteiger partial charge is 0.296 e. The standard InChI is InChI=1S/C17H27NO2/c1-11-7-8-12(2)17(9-11)10-14(19)18-16(20)15(17)13-5-3-4-6-13/h11-13,15H,3-10H2,1-2H3,(H,18,19,20). The van der Waals surface area contributed by atoms with Crippen LogP contribution in [0.15, 0.2) is 0 Å². The second-order valence-electron chi connectivity index (χ2n) is 7.63. The van der Waals surface area contributed by atoms with Crippen molar-refractivity contribution < 1.29 is 9.59 Å². The molecule has 2 saturated carbocycles. The molecule has 20 heavy (non-hydrogen) atoms. The lowest BCUT2D eigenvalue weighted by Crippen LogP contribution is -2.58. The summed E-state index contributed by atoms with van der Waals surface area (Å²) in [4.78, 5) is 24.6. The third kappa shape index (κ3) is 2.19. The highest BCUT2D eigenvalue weighted by Gasteiger charge is 2.55. The van der Waals surface area contributed by atoms with Gasteiger partial charge in [0.1, 0.15) is 0 Å². The number of nitrogens with one attached hydrogen (secondary N) is 1. The van der Waals surface area contributed by atoms with Crippen LogP contribution in [0.2, 0.25) is 0 Å². The van der Waals surface area contributed by atoms with E-state index in [1.165, 1.54) is 38.5 Å². The van der Waals surface area contributed by atoms with Crippen LogP contribution in [0.1, 0.15) is 65.2 Å². The minimum absolute atomic E-state index is 0.0362. The van der Waals surface area contributed by atoms with Crippen molar-refractivity contribution in [3.63, 3.8) is 0 Å². The van der Waals surface area contributed by atoms with Crippen molar-refractivity contribution in [3.05, 3.63) is 0 Å². The molecule has 0 aromatic heterocycles. The zero-order chi connectivity index (χ0) is 14.3. The Kier molecular flexibility index (Phi) is 3.64. The second-order valence-corrected chi connectivity index (χ2v) is 7.63. The summed E-state index contributed by atoms with van der Waals surface area (Å²) in [5.41, 5.74) is -0.0495. The quantitative estimate of drug-likeness (QED) is 0.748. The van der Waals surface area contributed by atoms with Crippen LogP contribution in [0, 0.1) is 29.1 Å². The van der Waals surface area contributed by atoms with Gasteiger partial charge in [-0.2, -0.15) is 0 Å². The van der Waals surface area contributed by atoms with Crippen LogP contribution >= 0.6 is 0 Å². The maximum Gasteiger partial charge on any atom is 0.230 e. The van der Waals surface area contributed by atoms with Crippen LogP contribution in [0.25, 0.3) is 0 Å². The Labute approximate surface area is 121 Å². The molecule has 1 spiro atoms. The van der Waals surface area contributed by atoms with Gasteiger partial charge in [0.15, 0.2) is 0 Å². The molecule has 2 amide bonds. The van der Waals surface area contributed by atoms with Gasteiger partial charge in [-0.3, -0.25) is 14.9 Å². The van der Waals surface area contributed by atoms with Crippen molar-refractivity contribution in [2.45, 2.75) is 65.2 Å². The number of rotatable bonds is 1. The first-order valence-corrected chi connectivity index (χ1v) is 8.36. The van der Waals surface area contributed by atoms with Gasteiger partial charge in [0.05, 0.1) is 0 Å². The Morgan fingerprint density at radius 3 is 2.45 bits per heavy atom. The summed E-state index contributed by atoms with van der Waals surface area (Å²) in [5.74, 6) is 1.74. The van der Waals surface area contributed by atoms with Gasteiger partial charge in [-0.05, 0) is 48.9 Å². The number of hydrogen-bond donors (Lipinski definition) is 1. The SMILES string of the molecule is CC1CCC(C)C2(CC(=O)NC(=O)C2C2CCCC2)C1. The van der Waals surface area contributed by atoms with Gasteiger partial charge >= 0.3 is 0 Å². The van der Waals surface area contributed by atoms with Crippen molar-refractivity contribution in [1.82, 2.24) is 5.32 Å². The van der Waals surface area contributed by atoms with Crippen LogP contribution in [0.4, 0.5) is 0 Å². The molecule has 112 valence electrons. The molecular formula is C17H27NO2. The summed E-state index contributed by atoms with van der Waals surface area (Å²) in [5, 5.41) is 2.64. The molecule has 3 aliphatic rings. The fourth-order valence-corrected chi connectivity index (χ4v) is 5.36. The van der Waals surface area contributed by atoms with E-state index in [1.54, 1.807) is 0 Å². The molecule has 4 atom stereocenters. The van der Waals surface area contributed by atoms with Crippen LogP contribution in [0.3, 0.4) is 0 Å². The van der Waals surface area contributed by atoms with E-state index in [0.717, 1.165) is 6.42 Å². The van der Waals surface area contributed by atoms with E-state index in [9.17, 15) is 9.59 Å². The number of hydrogen-bond acceptors (Lipinski definition) is 2. The number of imide groups is 1. The molecule has 0 aromatic carbocycles. The first-order chi connectivity index (χ1) is 9.53. The number of carbonyl (C=O) groups is 2. The van der Waals surface area contributed by atoms with E-state index in [4.69, 9.17) is 0 Å². The average molecular weight is 277 g/mol. The molecule has 1 saturated heterocycles. The van der Waals surface area contributed by atoms with Crippen LogP contribution < -0.4 is 5.32 Å². The Bertz CT molecular complexity index is 413. The summed E-state index contributed by atoms with van der Waals surface area (Å²) in [6.45, 7) is 4.57. The zero-order valence-electron chi connectivity index (χ0n) is 12.8. The highest BCUT2D eigenvalue weighted by Crippen LogP contribution is 2.56. The topological polar surface area (TPSA) is 46.2 Å². The number of amides is 2. The van der Waals surface area contributed by atoms with Crippen molar-refractivity contribution >= 4 is 11.8 Å². The molecule has 3 nitrogen and oxygen atoms in total. The van der Waals surface area contributed by atoms with Crippen molar-refractivity contribution in [1.29, 1.82) is 0 Å². The zero-order valence-corrected chi connectivity index (χ0v) is 12.8. The van der Waals surface area contributed by atoms with Crippen LogP contribution in [0.5, 0.6) is 0 Å². The van der Waals surface area contributed by atoms with Gasteiger partial charge in [-0.15, -0.1) is 0 Å². The highest BCUT2D eigenvalue weighted by atomic mass is 16.2. The van der Waals surface area contributed by atoms with Gasteiger partial charge in [0.2, 0.25) is 11.8 Å². The van der Waals surface area contributed by atoms with E-state index in [0.29, 0.717) is 24.2 Å².